The topological polar surface area (TPSA) is 74.7 Å². The SMILES string of the molecule is CCNN1C(c2ccccn2)=NS(=O)(=O)c2cc(F)ccc21. The van der Waals surface area contributed by atoms with Crippen LogP contribution in [-0.2, 0) is 10.0 Å². The van der Waals surface area contributed by atoms with Crippen molar-refractivity contribution in [3.8, 4) is 0 Å². The van der Waals surface area contributed by atoms with Crippen molar-refractivity contribution in [1.29, 1.82) is 0 Å². The van der Waals surface area contributed by atoms with Crippen molar-refractivity contribution in [2.24, 2.45) is 4.40 Å². The highest BCUT2D eigenvalue weighted by Gasteiger charge is 2.32. The molecule has 114 valence electrons. The monoisotopic (exact) mass is 320 g/mol. The molecule has 3 rings (SSSR count). The number of benzene rings is 1. The van der Waals surface area contributed by atoms with Gasteiger partial charge in [0.2, 0.25) is 0 Å². The van der Waals surface area contributed by atoms with Crippen molar-refractivity contribution in [2.45, 2.75) is 11.8 Å². The summed E-state index contributed by atoms with van der Waals surface area (Å²) in [7, 11) is -3.99. The molecular weight excluding hydrogens is 307 g/mol. The minimum atomic E-state index is -3.99. The first kappa shape index (κ1) is 14.6. The van der Waals surface area contributed by atoms with Gasteiger partial charge in [-0.05, 0) is 30.3 Å². The first-order valence-corrected chi connectivity index (χ1v) is 8.06. The molecule has 0 saturated carbocycles. The van der Waals surface area contributed by atoms with Crippen LogP contribution in [0.5, 0.6) is 0 Å². The summed E-state index contributed by atoms with van der Waals surface area (Å²) in [4.78, 5) is 3.97. The zero-order chi connectivity index (χ0) is 15.7. The van der Waals surface area contributed by atoms with E-state index in [1.807, 2.05) is 6.92 Å². The highest BCUT2D eigenvalue weighted by atomic mass is 32.2. The second-order valence-corrected chi connectivity index (χ2v) is 6.14. The number of halogens is 1. The fourth-order valence-corrected chi connectivity index (χ4v) is 3.36. The Morgan fingerprint density at radius 3 is 2.77 bits per heavy atom. The molecule has 0 spiro atoms. The predicted molar refractivity (Wildman–Crippen MR) is 80.5 cm³/mol. The van der Waals surface area contributed by atoms with E-state index >= 15 is 0 Å². The number of rotatable bonds is 3. The number of amidine groups is 1. The van der Waals surface area contributed by atoms with E-state index in [9.17, 15) is 12.8 Å². The summed E-state index contributed by atoms with van der Waals surface area (Å²) in [5.41, 5.74) is 3.75. The van der Waals surface area contributed by atoms with E-state index in [0.717, 1.165) is 6.07 Å². The number of nitrogens with zero attached hydrogens (tertiary/aromatic N) is 3. The predicted octanol–water partition coefficient (Wildman–Crippen LogP) is 1.70. The molecule has 1 aliphatic heterocycles. The zero-order valence-corrected chi connectivity index (χ0v) is 12.5. The van der Waals surface area contributed by atoms with Crippen LogP contribution in [0.3, 0.4) is 0 Å². The first-order chi connectivity index (χ1) is 10.5. The van der Waals surface area contributed by atoms with Crippen LogP contribution >= 0.6 is 0 Å². The minimum absolute atomic E-state index is 0.154. The molecule has 0 atom stereocenters. The van der Waals surface area contributed by atoms with Crippen LogP contribution in [0.15, 0.2) is 51.9 Å². The average Bonchev–Trinajstić information content (AvgIpc) is 2.51. The summed E-state index contributed by atoms with van der Waals surface area (Å²) < 4.78 is 41.8. The Labute approximate surface area is 127 Å². The summed E-state index contributed by atoms with van der Waals surface area (Å²) in [6.07, 6.45) is 1.55. The van der Waals surface area contributed by atoms with Crippen LogP contribution in [0.25, 0.3) is 0 Å². The van der Waals surface area contributed by atoms with Gasteiger partial charge in [-0.15, -0.1) is 4.40 Å². The Morgan fingerprint density at radius 2 is 2.09 bits per heavy atom. The van der Waals surface area contributed by atoms with Crippen LogP contribution in [-0.4, -0.2) is 25.8 Å². The second kappa shape index (κ2) is 5.47. The number of pyridine rings is 1. The average molecular weight is 320 g/mol. The molecule has 0 radical (unpaired) electrons. The molecule has 1 aromatic carbocycles. The van der Waals surface area contributed by atoms with Gasteiger partial charge >= 0.3 is 0 Å². The number of sulfonamides is 1. The molecule has 1 aromatic heterocycles. The van der Waals surface area contributed by atoms with Gasteiger partial charge in [-0.2, -0.15) is 8.42 Å². The Morgan fingerprint density at radius 1 is 1.27 bits per heavy atom. The molecule has 1 N–H and O–H groups in total. The van der Waals surface area contributed by atoms with E-state index in [-0.39, 0.29) is 10.7 Å². The zero-order valence-electron chi connectivity index (χ0n) is 11.7. The molecule has 1 aliphatic rings. The van der Waals surface area contributed by atoms with Gasteiger partial charge in [0.05, 0.1) is 5.69 Å². The molecule has 22 heavy (non-hydrogen) atoms. The largest absolute Gasteiger partial charge is 0.286 e. The maximum atomic E-state index is 13.4. The van der Waals surface area contributed by atoms with Crippen molar-refractivity contribution in [3.05, 3.63) is 54.1 Å². The summed E-state index contributed by atoms with van der Waals surface area (Å²) in [5, 5.41) is 1.51. The van der Waals surface area contributed by atoms with E-state index in [0.29, 0.717) is 17.9 Å². The van der Waals surface area contributed by atoms with Crippen LogP contribution in [0.1, 0.15) is 12.6 Å². The second-order valence-electron chi connectivity index (χ2n) is 4.56. The molecule has 0 bridgehead atoms. The van der Waals surface area contributed by atoms with Crippen molar-refractivity contribution >= 4 is 21.5 Å². The Kier molecular flexibility index (Phi) is 3.63. The van der Waals surface area contributed by atoms with Crippen LogP contribution in [0.2, 0.25) is 0 Å². The fourth-order valence-electron chi connectivity index (χ4n) is 2.17. The number of hydrogen-bond acceptors (Lipinski definition) is 5. The number of nitrogens with one attached hydrogen (secondary N) is 1. The molecule has 0 fully saturated rings. The molecule has 8 heteroatoms. The van der Waals surface area contributed by atoms with Gasteiger partial charge in [0.15, 0.2) is 5.84 Å². The highest BCUT2D eigenvalue weighted by Crippen LogP contribution is 2.32. The van der Waals surface area contributed by atoms with E-state index < -0.39 is 15.8 Å². The number of aromatic nitrogens is 1. The maximum Gasteiger partial charge on any atom is 0.286 e. The molecule has 0 aliphatic carbocycles. The minimum Gasteiger partial charge on any atom is -0.256 e. The van der Waals surface area contributed by atoms with Crippen molar-refractivity contribution < 1.29 is 12.8 Å². The quantitative estimate of drug-likeness (QED) is 0.932. The van der Waals surface area contributed by atoms with Crippen LogP contribution in [0, 0.1) is 5.82 Å². The smallest absolute Gasteiger partial charge is 0.256 e. The molecule has 2 aromatic rings. The van der Waals surface area contributed by atoms with Crippen molar-refractivity contribution in [1.82, 2.24) is 10.4 Å². The molecule has 6 nitrogen and oxygen atoms in total. The lowest BCUT2D eigenvalue weighted by atomic mass is 10.2. The Bertz CT molecular complexity index is 837. The van der Waals surface area contributed by atoms with E-state index in [2.05, 4.69) is 14.8 Å². The van der Waals surface area contributed by atoms with E-state index in [1.165, 1.54) is 17.1 Å². The lowest BCUT2D eigenvalue weighted by Crippen LogP contribution is -2.46. The van der Waals surface area contributed by atoms with Gasteiger partial charge in [0.25, 0.3) is 10.0 Å². The molecular formula is C14H13FN4O2S. The summed E-state index contributed by atoms with van der Waals surface area (Å²) >= 11 is 0. The Balaban J connectivity index is 2.24. The molecule has 0 unspecified atom stereocenters. The van der Waals surface area contributed by atoms with Gasteiger partial charge in [-0.3, -0.25) is 9.99 Å². The summed E-state index contributed by atoms with van der Waals surface area (Å²) in [6.45, 7) is 2.39. The van der Waals surface area contributed by atoms with Crippen molar-refractivity contribution in [3.63, 3.8) is 0 Å². The normalized spacial score (nSPS) is 16.1. The van der Waals surface area contributed by atoms with Gasteiger partial charge in [0, 0.05) is 12.7 Å². The van der Waals surface area contributed by atoms with Crippen molar-refractivity contribution in [2.75, 3.05) is 11.6 Å². The van der Waals surface area contributed by atoms with Gasteiger partial charge in [0.1, 0.15) is 16.4 Å². The third-order valence-corrected chi connectivity index (χ3v) is 4.37. The van der Waals surface area contributed by atoms with E-state index in [1.54, 1.807) is 24.4 Å². The molecule has 2 heterocycles. The highest BCUT2D eigenvalue weighted by molar-refractivity contribution is 7.90. The maximum absolute atomic E-state index is 13.4. The number of hydrazine groups is 1. The third kappa shape index (κ3) is 2.46. The lowest BCUT2D eigenvalue weighted by molar-refractivity contribution is 0.589. The Hall–Kier alpha value is -2.32. The fraction of sp³-hybridized carbons (Fsp3) is 0.143. The van der Waals surface area contributed by atoms with Crippen LogP contribution in [0.4, 0.5) is 10.1 Å². The summed E-state index contributed by atoms with van der Waals surface area (Å²) in [5.74, 6) is -0.475. The number of hydrogen-bond donors (Lipinski definition) is 1. The van der Waals surface area contributed by atoms with E-state index in [4.69, 9.17) is 0 Å². The molecule has 0 amide bonds. The van der Waals surface area contributed by atoms with Gasteiger partial charge in [-0.25, -0.2) is 9.82 Å². The number of fused-ring (bicyclic) bond motifs is 1. The van der Waals surface area contributed by atoms with Gasteiger partial charge < -0.3 is 0 Å². The first-order valence-electron chi connectivity index (χ1n) is 6.62. The number of anilines is 1. The molecule has 0 saturated heterocycles. The standard InChI is InChI=1S/C14H13FN4O2S/c1-2-17-19-12-7-6-10(15)9-13(12)22(20,21)18-14(19)11-5-3-4-8-16-11/h3-9,17H,2H2,1H3. The van der Waals surface area contributed by atoms with Crippen LogP contribution < -0.4 is 10.4 Å². The summed E-state index contributed by atoms with van der Waals surface area (Å²) in [6, 6.07) is 8.70. The third-order valence-electron chi connectivity index (χ3n) is 3.07. The van der Waals surface area contributed by atoms with Gasteiger partial charge in [-0.1, -0.05) is 13.0 Å². The lowest BCUT2D eigenvalue weighted by Gasteiger charge is -2.30.